The van der Waals surface area contributed by atoms with Crippen molar-refractivity contribution in [2.45, 2.75) is 34.1 Å². The lowest BCUT2D eigenvalue weighted by Crippen LogP contribution is -2.38. The summed E-state index contributed by atoms with van der Waals surface area (Å²) < 4.78 is 0. The van der Waals surface area contributed by atoms with E-state index in [-0.39, 0.29) is 11.8 Å². The predicted molar refractivity (Wildman–Crippen MR) is 101 cm³/mol. The average Bonchev–Trinajstić information content (AvgIpc) is 2.96. The lowest BCUT2D eigenvalue weighted by molar-refractivity contribution is -0.125. The summed E-state index contributed by atoms with van der Waals surface area (Å²) in [5.41, 5.74) is 3.92. The third-order valence-corrected chi connectivity index (χ3v) is 4.52. The van der Waals surface area contributed by atoms with Crippen molar-refractivity contribution in [2.75, 3.05) is 16.8 Å². The molecule has 1 heterocycles. The van der Waals surface area contributed by atoms with Crippen molar-refractivity contribution < 1.29 is 9.59 Å². The molecule has 0 aliphatic carbocycles. The van der Waals surface area contributed by atoms with E-state index in [1.165, 1.54) is 0 Å². The number of benzene rings is 2. The SMILES string of the molecule is Cc1ccccc1C(=O)Nc1ccc2c(c1)N(C(=O)C(C)(C)C)CC2. The largest absolute Gasteiger partial charge is 0.322 e. The van der Waals surface area contributed by atoms with Gasteiger partial charge in [0.1, 0.15) is 0 Å². The zero-order chi connectivity index (χ0) is 18.2. The molecule has 130 valence electrons. The van der Waals surface area contributed by atoms with Crippen LogP contribution >= 0.6 is 0 Å². The lowest BCUT2D eigenvalue weighted by atomic mass is 9.94. The van der Waals surface area contributed by atoms with Gasteiger partial charge in [0.05, 0.1) is 0 Å². The molecule has 0 bridgehead atoms. The molecule has 2 aromatic carbocycles. The Balaban J connectivity index is 1.85. The van der Waals surface area contributed by atoms with E-state index < -0.39 is 5.41 Å². The van der Waals surface area contributed by atoms with E-state index in [1.807, 2.05) is 75.1 Å². The summed E-state index contributed by atoms with van der Waals surface area (Å²) in [7, 11) is 0. The van der Waals surface area contributed by atoms with E-state index in [2.05, 4.69) is 5.32 Å². The van der Waals surface area contributed by atoms with Crippen LogP contribution in [-0.2, 0) is 11.2 Å². The number of aryl methyl sites for hydroxylation is 1. The maximum Gasteiger partial charge on any atom is 0.255 e. The van der Waals surface area contributed by atoms with Crippen LogP contribution in [0.15, 0.2) is 42.5 Å². The molecule has 0 aromatic heterocycles. The van der Waals surface area contributed by atoms with Gasteiger partial charge in [0.2, 0.25) is 5.91 Å². The molecule has 4 heteroatoms. The van der Waals surface area contributed by atoms with Crippen molar-refractivity contribution >= 4 is 23.2 Å². The van der Waals surface area contributed by atoms with Gasteiger partial charge in [-0.15, -0.1) is 0 Å². The maximum atomic E-state index is 12.7. The minimum atomic E-state index is -0.429. The third kappa shape index (κ3) is 3.43. The average molecular weight is 336 g/mol. The monoisotopic (exact) mass is 336 g/mol. The third-order valence-electron chi connectivity index (χ3n) is 4.52. The van der Waals surface area contributed by atoms with E-state index in [0.29, 0.717) is 17.8 Å². The van der Waals surface area contributed by atoms with Gasteiger partial charge in [-0.25, -0.2) is 0 Å². The van der Waals surface area contributed by atoms with Gasteiger partial charge < -0.3 is 10.2 Å². The van der Waals surface area contributed by atoms with Crippen molar-refractivity contribution in [3.63, 3.8) is 0 Å². The molecule has 0 radical (unpaired) electrons. The van der Waals surface area contributed by atoms with Crippen molar-refractivity contribution in [1.29, 1.82) is 0 Å². The molecule has 2 aromatic rings. The first-order valence-electron chi connectivity index (χ1n) is 8.59. The van der Waals surface area contributed by atoms with Gasteiger partial charge in [0.25, 0.3) is 5.91 Å². The number of amides is 2. The summed E-state index contributed by atoms with van der Waals surface area (Å²) in [4.78, 5) is 27.0. The van der Waals surface area contributed by atoms with Crippen LogP contribution in [0.25, 0.3) is 0 Å². The number of carbonyl (C=O) groups excluding carboxylic acids is 2. The molecular formula is C21H24N2O2. The standard InChI is InChI=1S/C21H24N2O2/c1-14-7-5-6-8-17(14)19(24)22-16-10-9-15-11-12-23(18(15)13-16)20(25)21(2,3)4/h5-10,13H,11-12H2,1-4H3,(H,22,24). The van der Waals surface area contributed by atoms with E-state index in [4.69, 9.17) is 0 Å². The van der Waals surface area contributed by atoms with Gasteiger partial charge in [-0.1, -0.05) is 45.0 Å². The van der Waals surface area contributed by atoms with Crippen LogP contribution in [0.1, 0.15) is 42.3 Å². The van der Waals surface area contributed by atoms with E-state index in [9.17, 15) is 9.59 Å². The summed E-state index contributed by atoms with van der Waals surface area (Å²) in [6.07, 6.45) is 0.850. The molecule has 0 atom stereocenters. The Labute approximate surface area is 148 Å². The first-order valence-corrected chi connectivity index (χ1v) is 8.59. The highest BCUT2D eigenvalue weighted by Crippen LogP contribution is 2.34. The number of fused-ring (bicyclic) bond motifs is 1. The van der Waals surface area contributed by atoms with Crippen LogP contribution in [0.5, 0.6) is 0 Å². The van der Waals surface area contributed by atoms with Gasteiger partial charge in [-0.05, 0) is 42.7 Å². The maximum absolute atomic E-state index is 12.7. The van der Waals surface area contributed by atoms with Crippen molar-refractivity contribution in [1.82, 2.24) is 0 Å². The number of nitrogens with zero attached hydrogens (tertiary/aromatic N) is 1. The Morgan fingerprint density at radius 3 is 2.48 bits per heavy atom. The second-order valence-electron chi connectivity index (χ2n) is 7.57. The molecule has 3 rings (SSSR count). The molecule has 0 saturated carbocycles. The fraction of sp³-hybridized carbons (Fsp3) is 0.333. The molecule has 1 aliphatic rings. The molecule has 1 aliphatic heterocycles. The Bertz CT molecular complexity index is 834. The van der Waals surface area contributed by atoms with Gasteiger partial charge in [0, 0.05) is 28.9 Å². The quantitative estimate of drug-likeness (QED) is 0.894. The van der Waals surface area contributed by atoms with Crippen LogP contribution in [0.4, 0.5) is 11.4 Å². The number of carbonyl (C=O) groups is 2. The molecule has 4 nitrogen and oxygen atoms in total. The lowest BCUT2D eigenvalue weighted by Gasteiger charge is -2.26. The summed E-state index contributed by atoms with van der Waals surface area (Å²) >= 11 is 0. The number of hydrogen-bond donors (Lipinski definition) is 1. The number of rotatable bonds is 2. The van der Waals surface area contributed by atoms with Crippen LogP contribution in [0.2, 0.25) is 0 Å². The highest BCUT2D eigenvalue weighted by Gasteiger charge is 2.32. The fourth-order valence-corrected chi connectivity index (χ4v) is 3.10. The van der Waals surface area contributed by atoms with Crippen LogP contribution in [0, 0.1) is 12.3 Å². The molecule has 0 unspecified atom stereocenters. The first kappa shape index (κ1) is 17.2. The van der Waals surface area contributed by atoms with E-state index in [1.54, 1.807) is 0 Å². The molecule has 1 N–H and O–H groups in total. The number of anilines is 2. The number of hydrogen-bond acceptors (Lipinski definition) is 2. The molecule has 2 amide bonds. The van der Waals surface area contributed by atoms with Crippen LogP contribution in [-0.4, -0.2) is 18.4 Å². The van der Waals surface area contributed by atoms with Gasteiger partial charge in [-0.2, -0.15) is 0 Å². The molecule has 25 heavy (non-hydrogen) atoms. The molecule has 0 spiro atoms. The summed E-state index contributed by atoms with van der Waals surface area (Å²) in [6.45, 7) is 8.40. The zero-order valence-electron chi connectivity index (χ0n) is 15.2. The normalized spacial score (nSPS) is 13.5. The highest BCUT2D eigenvalue weighted by molar-refractivity contribution is 6.06. The van der Waals surface area contributed by atoms with Crippen molar-refractivity contribution in [3.05, 3.63) is 59.2 Å². The Morgan fingerprint density at radius 1 is 1.08 bits per heavy atom. The van der Waals surface area contributed by atoms with Gasteiger partial charge in [0.15, 0.2) is 0 Å². The van der Waals surface area contributed by atoms with Crippen LogP contribution < -0.4 is 10.2 Å². The van der Waals surface area contributed by atoms with Gasteiger partial charge in [-0.3, -0.25) is 9.59 Å². The zero-order valence-corrected chi connectivity index (χ0v) is 15.2. The minimum Gasteiger partial charge on any atom is -0.322 e. The van der Waals surface area contributed by atoms with E-state index >= 15 is 0 Å². The topological polar surface area (TPSA) is 49.4 Å². The van der Waals surface area contributed by atoms with Crippen molar-refractivity contribution in [3.8, 4) is 0 Å². The Kier molecular flexibility index (Phi) is 4.38. The first-order chi connectivity index (χ1) is 11.8. The van der Waals surface area contributed by atoms with Crippen molar-refractivity contribution in [2.24, 2.45) is 5.41 Å². The fourth-order valence-electron chi connectivity index (χ4n) is 3.10. The van der Waals surface area contributed by atoms with E-state index in [0.717, 1.165) is 23.2 Å². The number of nitrogens with one attached hydrogen (secondary N) is 1. The molecule has 0 fully saturated rings. The highest BCUT2D eigenvalue weighted by atomic mass is 16.2. The molecule has 0 saturated heterocycles. The summed E-state index contributed by atoms with van der Waals surface area (Å²) in [6, 6.07) is 13.3. The molecular weight excluding hydrogens is 312 g/mol. The Hall–Kier alpha value is -2.62. The second kappa shape index (κ2) is 6.36. The Morgan fingerprint density at radius 2 is 1.80 bits per heavy atom. The van der Waals surface area contributed by atoms with Crippen LogP contribution in [0.3, 0.4) is 0 Å². The predicted octanol–water partition coefficient (Wildman–Crippen LogP) is 4.18. The minimum absolute atomic E-state index is 0.105. The smallest absolute Gasteiger partial charge is 0.255 e. The summed E-state index contributed by atoms with van der Waals surface area (Å²) in [5, 5.41) is 2.95. The second-order valence-corrected chi connectivity index (χ2v) is 7.57. The summed E-state index contributed by atoms with van der Waals surface area (Å²) in [5.74, 6) is -0.0293. The van der Waals surface area contributed by atoms with Gasteiger partial charge >= 0.3 is 0 Å².